The zero-order valence-corrected chi connectivity index (χ0v) is 69.7. The van der Waals surface area contributed by atoms with Crippen LogP contribution in [-0.4, -0.2) is 198 Å². The Balaban J connectivity index is 0.000000159. The van der Waals surface area contributed by atoms with Crippen LogP contribution in [0.4, 0.5) is 82.2 Å². The number of nitro groups is 1. The number of ether oxygens (including phenoxy) is 3. The van der Waals surface area contributed by atoms with Crippen LogP contribution >= 0.6 is 11.6 Å². The Morgan fingerprint density at radius 3 is 1.19 bits per heavy atom. The van der Waals surface area contributed by atoms with Crippen molar-refractivity contribution < 1.29 is 41.9 Å². The highest BCUT2D eigenvalue weighted by Crippen LogP contribution is 2.46. The Kier molecular flexibility index (Phi) is 27.3. The van der Waals surface area contributed by atoms with Crippen molar-refractivity contribution in [1.82, 2.24) is 58.3 Å². The maximum absolute atomic E-state index is 14.3. The van der Waals surface area contributed by atoms with Gasteiger partial charge in [-0.3, -0.25) is 19.7 Å². The molecule has 12 aromatic rings. The van der Waals surface area contributed by atoms with Gasteiger partial charge in [0, 0.05) is 189 Å². The van der Waals surface area contributed by atoms with Gasteiger partial charge in [0.1, 0.15) is 40.4 Å². The zero-order chi connectivity index (χ0) is 85.0. The Hall–Kier alpha value is -12.8. The molecule has 0 unspecified atom stereocenters. The number of allylic oxidation sites excluding steroid dienone is 1. The number of fused-ring (bicyclic) bond motifs is 9. The summed E-state index contributed by atoms with van der Waals surface area (Å²) in [5.74, 6) is 1.50. The van der Waals surface area contributed by atoms with Crippen molar-refractivity contribution in [3.05, 3.63) is 198 Å². The van der Waals surface area contributed by atoms with Crippen molar-refractivity contribution in [2.75, 3.05) is 166 Å². The number of nitrogens with zero attached hydrogens (tertiary/aromatic N) is 16. The number of hydrogen-bond donors (Lipinski definition) is 5. The number of carbonyl (C=O) groups excluding carboxylic acids is 2. The van der Waals surface area contributed by atoms with E-state index in [1.807, 2.05) is 122 Å². The van der Waals surface area contributed by atoms with Crippen LogP contribution in [0.15, 0.2) is 153 Å². The predicted octanol–water partition coefficient (Wildman–Crippen LogP) is 15.4. The number of rotatable bonds is 28. The van der Waals surface area contributed by atoms with Gasteiger partial charge < -0.3 is 84.3 Å². The molecule has 32 heteroatoms. The van der Waals surface area contributed by atoms with Gasteiger partial charge in [-0.05, 0) is 189 Å². The average Bonchev–Trinajstić information content (AvgIpc) is 1.60. The average molecular weight is 1640 g/mol. The van der Waals surface area contributed by atoms with Gasteiger partial charge in [0.25, 0.3) is 5.69 Å². The van der Waals surface area contributed by atoms with Gasteiger partial charge in [-0.25, -0.2) is 43.1 Å². The molecule has 0 aliphatic carbocycles. The monoisotopic (exact) mass is 1640 g/mol. The SMILES string of the molecule is C=CC(=O)Cl.C=CC(=O)Nc1cc(Nc2nccc(-c3c4n(c5ccc(F)cc35)CCC4)n2)c(OC)cc1N(C)CCN(C)C.COc1cc(N(C)CCN(C)C)c(N)cc1Nc1nccc(-c2c3n(c4ccc(F)cc24)CCC3)n1.COc1cc(N(C)CCN(C)C)c([N+](=O)[O-])cc1Nc1nccc(-c2c3n(c4ccc(F)cc24)CCC3)n1. The molecule has 622 valence electrons. The highest BCUT2D eigenvalue weighted by atomic mass is 35.5. The lowest BCUT2D eigenvalue weighted by Crippen LogP contribution is -2.29. The molecule has 1 amide bonds. The molecule has 0 saturated heterocycles. The number of hydrogen-bond acceptors (Lipinski definition) is 23. The molecule has 28 nitrogen and oxygen atoms in total. The first kappa shape index (κ1) is 85.5. The number of halogens is 4. The van der Waals surface area contributed by atoms with Crippen LogP contribution in [0.2, 0.25) is 0 Å². The van der Waals surface area contributed by atoms with E-state index in [4.69, 9.17) is 46.5 Å². The molecular weight excluding hydrogens is 1540 g/mol. The van der Waals surface area contributed by atoms with Gasteiger partial charge in [0.05, 0.1) is 83.1 Å². The molecule has 15 rings (SSSR count). The summed E-state index contributed by atoms with van der Waals surface area (Å²) >= 11 is 4.71. The molecule has 3 aliphatic heterocycles. The minimum absolute atomic E-state index is 0.0579. The maximum Gasteiger partial charge on any atom is 0.294 e. The molecule has 0 saturated carbocycles. The summed E-state index contributed by atoms with van der Waals surface area (Å²) in [5, 5.41) is 26.5. The van der Waals surface area contributed by atoms with E-state index in [-0.39, 0.29) is 35.0 Å². The standard InChI is InChI=1S/C30H34FN7O2.C27H30FN7O3.C27H32FN7O.C3H3ClO/c1-6-28(39)33-22-17-23(27(40-5)18-26(22)37(4)15-14-36(2)3)35-30-32-12-11-21(34-30)29-20-16-19(31)9-10-24(20)38-13-7-8-25(29)38;1-32(2)12-13-33(3)23-16-25(38-4)20(15-24(23)35(36)37)31-27-29-10-9-19(30-27)26-18-14-17(28)7-8-21(18)34-11-5-6-22(26)34;1-33(2)12-13-34(3)24-16-25(36-4)21(15-19(24)29)32-27-30-10-9-20(31-27)26-18-14-17(28)7-8-22(18)35-11-5-6-23(26)35;1-2-3(4)5/h6,9-12,16-18H,1,7-8,13-15H2,2-5H3,(H,33,39)(H,32,34,35);7-10,14-16H,5-6,11-13H2,1-4H3,(H,29,30,31);7-10,14-16H,5-6,11-13,29H2,1-4H3,(H,30,31,32);2H,1H2. The molecular formula is C87H99ClF3N21O7. The van der Waals surface area contributed by atoms with E-state index in [0.29, 0.717) is 81.2 Å². The third kappa shape index (κ3) is 19.6. The topological polar surface area (TPSA) is 291 Å². The molecule has 0 fully saturated rings. The normalized spacial score (nSPS) is 12.4. The number of methoxy groups -OCH3 is 3. The minimum Gasteiger partial charge on any atom is -0.494 e. The van der Waals surface area contributed by atoms with Crippen molar-refractivity contribution >= 4 is 124 Å². The second-order valence-corrected chi connectivity index (χ2v) is 30.1. The van der Waals surface area contributed by atoms with Gasteiger partial charge in [-0.15, -0.1) is 0 Å². The summed E-state index contributed by atoms with van der Waals surface area (Å²) in [6.45, 7) is 14.0. The fourth-order valence-corrected chi connectivity index (χ4v) is 15.1. The third-order valence-corrected chi connectivity index (χ3v) is 21.1. The van der Waals surface area contributed by atoms with Crippen molar-refractivity contribution in [3.8, 4) is 51.0 Å². The summed E-state index contributed by atoms with van der Waals surface area (Å²) in [6, 6.07) is 30.8. The predicted molar refractivity (Wildman–Crippen MR) is 469 cm³/mol. The molecule has 6 aromatic carbocycles. The number of carbonyl (C=O) groups is 2. The second-order valence-electron chi connectivity index (χ2n) is 29.7. The van der Waals surface area contributed by atoms with Crippen LogP contribution in [-0.2, 0) is 48.5 Å². The summed E-state index contributed by atoms with van der Waals surface area (Å²) in [4.78, 5) is 73.1. The van der Waals surface area contributed by atoms with E-state index in [9.17, 15) is 32.9 Å². The van der Waals surface area contributed by atoms with E-state index < -0.39 is 10.2 Å². The highest BCUT2D eigenvalue weighted by Gasteiger charge is 2.30. The number of aromatic nitrogens is 9. The highest BCUT2D eigenvalue weighted by molar-refractivity contribution is 6.66. The number of nitrogens with one attached hydrogen (secondary N) is 4. The first-order valence-corrected chi connectivity index (χ1v) is 39.2. The summed E-state index contributed by atoms with van der Waals surface area (Å²) in [7, 11) is 22.5. The molecule has 9 heterocycles. The molecule has 0 spiro atoms. The van der Waals surface area contributed by atoms with E-state index in [2.05, 4.69) is 82.7 Å². The van der Waals surface area contributed by atoms with Crippen LogP contribution in [0.3, 0.4) is 0 Å². The number of amides is 1. The Bertz CT molecular complexity index is 5770. The van der Waals surface area contributed by atoms with Gasteiger partial charge in [0.2, 0.25) is 29.0 Å². The van der Waals surface area contributed by atoms with Gasteiger partial charge in [0.15, 0.2) is 0 Å². The smallest absolute Gasteiger partial charge is 0.294 e. The number of nitrogen functional groups attached to an aromatic ring is 1. The first-order chi connectivity index (χ1) is 57.2. The quantitative estimate of drug-likeness (QED) is 0.0100. The third-order valence-electron chi connectivity index (χ3n) is 20.9. The van der Waals surface area contributed by atoms with Gasteiger partial charge >= 0.3 is 0 Å². The fraction of sp³-hybridized carbons (Fsp3) is 0.310. The molecule has 3 aliphatic rings. The van der Waals surface area contributed by atoms with E-state index in [1.54, 1.807) is 69.2 Å². The zero-order valence-electron chi connectivity index (χ0n) is 68.9. The lowest BCUT2D eigenvalue weighted by atomic mass is 10.0. The first-order valence-electron chi connectivity index (χ1n) is 38.8. The Morgan fingerprint density at radius 2 is 0.840 bits per heavy atom. The summed E-state index contributed by atoms with van der Waals surface area (Å²) in [5.41, 5.74) is 22.8. The van der Waals surface area contributed by atoms with Crippen molar-refractivity contribution in [1.29, 1.82) is 0 Å². The van der Waals surface area contributed by atoms with E-state index in [0.717, 1.165) is 175 Å². The summed E-state index contributed by atoms with van der Waals surface area (Å²) < 4.78 is 66.3. The van der Waals surface area contributed by atoms with Crippen LogP contribution < -0.4 is 55.9 Å². The lowest BCUT2D eigenvalue weighted by molar-refractivity contribution is -0.384. The molecule has 0 bridgehead atoms. The van der Waals surface area contributed by atoms with E-state index >= 15 is 0 Å². The van der Waals surface area contributed by atoms with Crippen LogP contribution in [0.25, 0.3) is 66.5 Å². The van der Waals surface area contributed by atoms with Crippen LogP contribution in [0.1, 0.15) is 36.3 Å². The minimum atomic E-state index is -0.509. The number of nitrogens with two attached hydrogens (primary N) is 1. The van der Waals surface area contributed by atoms with Crippen LogP contribution in [0, 0.1) is 27.6 Å². The fourth-order valence-electron chi connectivity index (χ4n) is 15.1. The Labute approximate surface area is 693 Å². The number of benzene rings is 6. The molecule has 6 N–H and O–H groups in total. The lowest BCUT2D eigenvalue weighted by Gasteiger charge is -2.26. The molecule has 6 aromatic heterocycles. The number of aryl methyl sites for hydroxylation is 3. The van der Waals surface area contributed by atoms with Gasteiger partial charge in [-0.1, -0.05) is 13.2 Å². The largest absolute Gasteiger partial charge is 0.494 e. The van der Waals surface area contributed by atoms with Crippen molar-refractivity contribution in [2.45, 2.75) is 58.2 Å². The van der Waals surface area contributed by atoms with Gasteiger partial charge in [-0.2, -0.15) is 0 Å². The second kappa shape index (κ2) is 38.1. The summed E-state index contributed by atoms with van der Waals surface area (Å²) in [6.07, 6.45) is 13.1. The molecule has 119 heavy (non-hydrogen) atoms. The Morgan fingerprint density at radius 1 is 0.496 bits per heavy atom. The van der Waals surface area contributed by atoms with Crippen LogP contribution in [0.5, 0.6) is 17.2 Å². The van der Waals surface area contributed by atoms with Crippen molar-refractivity contribution in [3.63, 3.8) is 0 Å². The maximum atomic E-state index is 14.3. The molecule has 0 radical (unpaired) electrons. The number of anilines is 11. The molecule has 0 atom stereocenters. The van der Waals surface area contributed by atoms with Crippen molar-refractivity contribution in [2.24, 2.45) is 0 Å². The number of nitro benzene ring substituents is 1. The number of likely N-dealkylation sites (N-methyl/N-ethyl adjacent to an activating group) is 6. The van der Waals surface area contributed by atoms with E-state index in [1.165, 1.54) is 43.1 Å².